The summed E-state index contributed by atoms with van der Waals surface area (Å²) < 4.78 is 5.84. The van der Waals surface area contributed by atoms with Crippen LogP contribution >= 0.6 is 11.6 Å². The van der Waals surface area contributed by atoms with E-state index in [1.807, 2.05) is 18.2 Å². The van der Waals surface area contributed by atoms with E-state index >= 15 is 0 Å². The topological polar surface area (TPSA) is 56.3 Å². The van der Waals surface area contributed by atoms with Gasteiger partial charge in [-0.15, -0.1) is 0 Å². The highest BCUT2D eigenvalue weighted by Crippen LogP contribution is 2.32. The molecule has 2 aromatic rings. The Morgan fingerprint density at radius 2 is 1.95 bits per heavy atom. The third kappa shape index (κ3) is 2.73. The van der Waals surface area contributed by atoms with Crippen molar-refractivity contribution >= 4 is 17.5 Å². The number of likely N-dealkylation sites (N-methyl/N-ethyl adjacent to an activating group) is 1. The van der Waals surface area contributed by atoms with Crippen molar-refractivity contribution in [2.45, 2.75) is 0 Å². The number of hydrogen-bond donors (Lipinski definition) is 0. The van der Waals surface area contributed by atoms with Crippen molar-refractivity contribution < 1.29 is 4.42 Å². The van der Waals surface area contributed by atoms with Gasteiger partial charge in [0.25, 0.3) is 0 Å². The molecule has 3 rings (SSSR count). The number of aromatic nitrogens is 1. The van der Waals surface area contributed by atoms with Crippen LogP contribution in [0, 0.1) is 11.3 Å². The average molecular weight is 303 g/mol. The lowest BCUT2D eigenvalue weighted by Gasteiger charge is -2.31. The van der Waals surface area contributed by atoms with Gasteiger partial charge in [-0.3, -0.25) is 0 Å². The van der Waals surface area contributed by atoms with Crippen LogP contribution in [0.2, 0.25) is 5.02 Å². The van der Waals surface area contributed by atoms with Crippen molar-refractivity contribution in [3.63, 3.8) is 0 Å². The molecule has 2 heterocycles. The Morgan fingerprint density at radius 3 is 2.62 bits per heavy atom. The van der Waals surface area contributed by atoms with Gasteiger partial charge in [0.1, 0.15) is 6.07 Å². The first-order valence-corrected chi connectivity index (χ1v) is 7.16. The molecule has 1 saturated heterocycles. The quantitative estimate of drug-likeness (QED) is 0.853. The number of hydrogen-bond acceptors (Lipinski definition) is 5. The Morgan fingerprint density at radius 1 is 1.24 bits per heavy atom. The Bertz CT molecular complexity index is 683. The van der Waals surface area contributed by atoms with Gasteiger partial charge in [-0.05, 0) is 19.2 Å². The van der Waals surface area contributed by atoms with Crippen molar-refractivity contribution in [2.75, 3.05) is 38.1 Å². The molecular weight excluding hydrogens is 288 g/mol. The van der Waals surface area contributed by atoms with E-state index in [1.165, 1.54) is 0 Å². The molecule has 108 valence electrons. The lowest BCUT2D eigenvalue weighted by atomic mass is 10.2. The minimum Gasteiger partial charge on any atom is -0.419 e. The van der Waals surface area contributed by atoms with Crippen LogP contribution in [-0.2, 0) is 0 Å². The maximum atomic E-state index is 9.29. The molecule has 0 spiro atoms. The van der Waals surface area contributed by atoms with Gasteiger partial charge in [-0.25, -0.2) is 0 Å². The second-order valence-electron chi connectivity index (χ2n) is 5.05. The van der Waals surface area contributed by atoms with E-state index < -0.39 is 0 Å². The largest absolute Gasteiger partial charge is 0.419 e. The molecule has 0 N–H and O–H groups in total. The average Bonchev–Trinajstić information content (AvgIpc) is 2.92. The number of anilines is 1. The van der Waals surface area contributed by atoms with E-state index in [2.05, 4.69) is 27.9 Å². The van der Waals surface area contributed by atoms with Crippen molar-refractivity contribution in [1.82, 2.24) is 9.88 Å². The van der Waals surface area contributed by atoms with E-state index in [1.54, 1.807) is 6.07 Å². The van der Waals surface area contributed by atoms with Crippen molar-refractivity contribution in [3.05, 3.63) is 35.0 Å². The molecule has 0 bridgehead atoms. The molecule has 21 heavy (non-hydrogen) atoms. The van der Waals surface area contributed by atoms with Gasteiger partial charge in [-0.2, -0.15) is 10.2 Å². The molecule has 0 saturated carbocycles. The van der Waals surface area contributed by atoms with Crippen LogP contribution in [0.4, 0.5) is 5.88 Å². The maximum absolute atomic E-state index is 9.29. The highest BCUT2D eigenvalue weighted by atomic mass is 35.5. The number of halogens is 1. The summed E-state index contributed by atoms with van der Waals surface area (Å²) in [6.07, 6.45) is 0. The van der Waals surface area contributed by atoms with Gasteiger partial charge in [0.2, 0.25) is 17.5 Å². The first kappa shape index (κ1) is 13.9. The third-order valence-electron chi connectivity index (χ3n) is 3.61. The summed E-state index contributed by atoms with van der Waals surface area (Å²) in [6.45, 7) is 3.52. The standard InChI is InChI=1S/C15H15ClN4O/c1-19-6-8-20(9-7-19)15-13(10-17)18-14(21-15)11-4-2-3-5-12(11)16/h2-5H,6-9H2,1H3. The predicted octanol–water partition coefficient (Wildman–Crippen LogP) is 2.62. The lowest BCUT2D eigenvalue weighted by molar-refractivity contribution is 0.306. The van der Waals surface area contributed by atoms with E-state index in [9.17, 15) is 5.26 Å². The molecular formula is C15H15ClN4O. The van der Waals surface area contributed by atoms with Gasteiger partial charge in [0.05, 0.1) is 10.6 Å². The van der Waals surface area contributed by atoms with Gasteiger partial charge in [0, 0.05) is 26.2 Å². The zero-order chi connectivity index (χ0) is 14.8. The monoisotopic (exact) mass is 302 g/mol. The Balaban J connectivity index is 1.96. The molecule has 1 aliphatic rings. The van der Waals surface area contributed by atoms with E-state index in [4.69, 9.17) is 16.0 Å². The van der Waals surface area contributed by atoms with Gasteiger partial charge in [-0.1, -0.05) is 23.7 Å². The highest BCUT2D eigenvalue weighted by Gasteiger charge is 2.23. The van der Waals surface area contributed by atoms with Crippen LogP contribution in [0.1, 0.15) is 5.69 Å². The summed E-state index contributed by atoms with van der Waals surface area (Å²) in [6, 6.07) is 9.44. The summed E-state index contributed by atoms with van der Waals surface area (Å²) in [5.41, 5.74) is 1.02. The molecule has 1 fully saturated rings. The van der Waals surface area contributed by atoms with Crippen LogP contribution in [-0.4, -0.2) is 43.1 Å². The minimum absolute atomic E-state index is 0.314. The summed E-state index contributed by atoms with van der Waals surface area (Å²) in [5.74, 6) is 0.937. The van der Waals surface area contributed by atoms with Crippen molar-refractivity contribution in [3.8, 4) is 17.5 Å². The second kappa shape index (κ2) is 5.76. The molecule has 6 heteroatoms. The Labute approximate surface area is 128 Å². The summed E-state index contributed by atoms with van der Waals surface area (Å²) in [7, 11) is 2.08. The lowest BCUT2D eigenvalue weighted by Crippen LogP contribution is -2.44. The molecule has 1 aromatic carbocycles. The SMILES string of the molecule is CN1CCN(c2oc(-c3ccccc3Cl)nc2C#N)CC1. The van der Waals surface area contributed by atoms with Crippen LogP contribution in [0.25, 0.3) is 11.5 Å². The van der Waals surface area contributed by atoms with Crippen molar-refractivity contribution in [2.24, 2.45) is 0 Å². The minimum atomic E-state index is 0.314. The van der Waals surface area contributed by atoms with Crippen LogP contribution in [0.5, 0.6) is 0 Å². The normalized spacial score (nSPS) is 16.0. The molecule has 0 atom stereocenters. The number of piperazine rings is 1. The number of nitrogens with zero attached hydrogens (tertiary/aromatic N) is 4. The first-order chi connectivity index (χ1) is 10.2. The molecule has 1 aromatic heterocycles. The highest BCUT2D eigenvalue weighted by molar-refractivity contribution is 6.33. The maximum Gasteiger partial charge on any atom is 0.235 e. The van der Waals surface area contributed by atoms with E-state index in [0.29, 0.717) is 28.1 Å². The van der Waals surface area contributed by atoms with E-state index in [0.717, 1.165) is 26.2 Å². The fraction of sp³-hybridized carbons (Fsp3) is 0.333. The summed E-state index contributed by atoms with van der Waals surface area (Å²) in [5, 5.41) is 9.85. The van der Waals surface area contributed by atoms with Gasteiger partial charge in [0.15, 0.2) is 0 Å². The molecule has 5 nitrogen and oxygen atoms in total. The van der Waals surface area contributed by atoms with Crippen LogP contribution in [0.3, 0.4) is 0 Å². The smallest absolute Gasteiger partial charge is 0.235 e. The summed E-state index contributed by atoms with van der Waals surface area (Å²) in [4.78, 5) is 8.59. The Kier molecular flexibility index (Phi) is 3.82. The number of rotatable bonds is 2. The van der Waals surface area contributed by atoms with Crippen LogP contribution < -0.4 is 4.90 Å². The molecule has 0 unspecified atom stereocenters. The number of nitriles is 1. The van der Waals surface area contributed by atoms with Gasteiger partial charge < -0.3 is 14.2 Å². The first-order valence-electron chi connectivity index (χ1n) is 6.78. The molecule has 1 aliphatic heterocycles. The second-order valence-corrected chi connectivity index (χ2v) is 5.46. The predicted molar refractivity (Wildman–Crippen MR) is 81.4 cm³/mol. The zero-order valence-electron chi connectivity index (χ0n) is 11.7. The molecule has 0 aliphatic carbocycles. The zero-order valence-corrected chi connectivity index (χ0v) is 12.5. The summed E-state index contributed by atoms with van der Waals surface area (Å²) >= 11 is 6.17. The van der Waals surface area contributed by atoms with Crippen LogP contribution in [0.15, 0.2) is 28.7 Å². The number of benzene rings is 1. The Hall–Kier alpha value is -2.03. The molecule has 0 amide bonds. The molecule has 0 radical (unpaired) electrons. The van der Waals surface area contributed by atoms with Gasteiger partial charge >= 0.3 is 0 Å². The van der Waals surface area contributed by atoms with E-state index in [-0.39, 0.29) is 0 Å². The fourth-order valence-electron chi connectivity index (χ4n) is 2.36. The van der Waals surface area contributed by atoms with Crippen molar-refractivity contribution in [1.29, 1.82) is 5.26 Å². The number of oxazole rings is 1. The fourth-order valence-corrected chi connectivity index (χ4v) is 2.58. The third-order valence-corrected chi connectivity index (χ3v) is 3.94.